The average molecular weight is 326 g/mol. The third-order valence-electron chi connectivity index (χ3n) is 2.70. The summed E-state index contributed by atoms with van der Waals surface area (Å²) >= 11 is 13.4. The summed E-state index contributed by atoms with van der Waals surface area (Å²) in [5.74, 6) is 1.42. The molecule has 102 valence electrons. The van der Waals surface area contributed by atoms with E-state index in [1.165, 1.54) is 0 Å². The van der Waals surface area contributed by atoms with E-state index in [0.29, 0.717) is 32.9 Å². The van der Waals surface area contributed by atoms with E-state index in [1.54, 1.807) is 6.07 Å². The van der Waals surface area contributed by atoms with Crippen molar-refractivity contribution in [2.75, 3.05) is 17.7 Å². The van der Waals surface area contributed by atoms with Gasteiger partial charge in [-0.05, 0) is 18.2 Å². The summed E-state index contributed by atoms with van der Waals surface area (Å²) in [6.45, 7) is 0. The van der Waals surface area contributed by atoms with Crippen LogP contribution >= 0.6 is 23.2 Å². The first kappa shape index (κ1) is 13.4. The van der Waals surface area contributed by atoms with Crippen molar-refractivity contribution >= 4 is 63.3 Å². The first-order chi connectivity index (χ1) is 9.69. The molecule has 0 saturated carbocycles. The van der Waals surface area contributed by atoms with Gasteiger partial charge in [-0.25, -0.2) is 4.98 Å². The smallest absolute Gasteiger partial charge is 0.132 e. The van der Waals surface area contributed by atoms with Crippen molar-refractivity contribution in [3.05, 3.63) is 34.3 Å². The van der Waals surface area contributed by atoms with Crippen LogP contribution in [0.2, 0.25) is 10.0 Å². The molecule has 2 heterocycles. The lowest BCUT2D eigenvalue weighted by Gasteiger charge is -2.12. The molecular weight excluding hydrogens is 317 g/mol. The monoisotopic (exact) mass is 325 g/mol. The maximum Gasteiger partial charge on any atom is 0.132 e. The zero-order chi connectivity index (χ0) is 14.1. The van der Waals surface area contributed by atoms with E-state index in [1.807, 2.05) is 25.2 Å². The number of hydrogen-bond acceptors (Lipinski definition) is 5. The van der Waals surface area contributed by atoms with Gasteiger partial charge in [0.15, 0.2) is 0 Å². The Morgan fingerprint density at radius 1 is 1.05 bits per heavy atom. The molecule has 0 spiro atoms. The standard InChI is InChI=1S/C12H9Cl2N5S/c1-15-8-3-2-4-9(16-8)17-10-6(13)5-7(14)11-12(10)19-20-18-11/h2-5H,1H3,(H2,15,16,17). The Morgan fingerprint density at radius 2 is 1.80 bits per heavy atom. The van der Waals surface area contributed by atoms with E-state index in [9.17, 15) is 0 Å². The molecule has 0 radical (unpaired) electrons. The first-order valence-electron chi connectivity index (χ1n) is 5.71. The van der Waals surface area contributed by atoms with Crippen molar-refractivity contribution in [1.29, 1.82) is 0 Å². The molecular formula is C12H9Cl2N5S. The summed E-state index contributed by atoms with van der Waals surface area (Å²) in [5, 5.41) is 7.11. The third-order valence-corrected chi connectivity index (χ3v) is 3.82. The molecule has 5 nitrogen and oxygen atoms in total. The van der Waals surface area contributed by atoms with Crippen molar-refractivity contribution in [3.63, 3.8) is 0 Å². The molecule has 0 saturated heterocycles. The molecule has 0 fully saturated rings. The number of nitrogens with one attached hydrogen (secondary N) is 2. The summed E-state index contributed by atoms with van der Waals surface area (Å²) in [6.07, 6.45) is 0. The number of nitrogens with zero attached hydrogens (tertiary/aromatic N) is 3. The lowest BCUT2D eigenvalue weighted by Crippen LogP contribution is -1.98. The van der Waals surface area contributed by atoms with Gasteiger partial charge < -0.3 is 10.6 Å². The van der Waals surface area contributed by atoms with Gasteiger partial charge in [0, 0.05) is 7.05 Å². The highest BCUT2D eigenvalue weighted by molar-refractivity contribution is 7.58. The van der Waals surface area contributed by atoms with Gasteiger partial charge in [-0.1, -0.05) is 29.3 Å². The van der Waals surface area contributed by atoms with E-state index in [-0.39, 0.29) is 0 Å². The van der Waals surface area contributed by atoms with Gasteiger partial charge in [-0.15, -0.1) is 0 Å². The van der Waals surface area contributed by atoms with Crippen LogP contribution in [0.15, 0.2) is 33.0 Å². The lowest BCUT2D eigenvalue weighted by molar-refractivity contribution is 1.27. The van der Waals surface area contributed by atoms with Crippen LogP contribution in [-0.2, 0) is 11.4 Å². The maximum atomic E-state index is 6.24. The summed E-state index contributed by atoms with van der Waals surface area (Å²) < 4.78 is 8.40. The Labute approximate surface area is 129 Å². The number of aromatic nitrogens is 1. The maximum absolute atomic E-state index is 6.24. The summed E-state index contributed by atoms with van der Waals surface area (Å²) in [5.41, 5.74) is 1.93. The van der Waals surface area contributed by atoms with Crippen molar-refractivity contribution in [2.24, 2.45) is 8.73 Å². The van der Waals surface area contributed by atoms with E-state index >= 15 is 0 Å². The van der Waals surface area contributed by atoms with Crippen molar-refractivity contribution < 1.29 is 0 Å². The van der Waals surface area contributed by atoms with Crippen LogP contribution in [0.4, 0.5) is 28.7 Å². The Kier molecular flexibility index (Phi) is 3.60. The molecule has 2 aromatic rings. The van der Waals surface area contributed by atoms with E-state index < -0.39 is 0 Å². The minimum atomic E-state index is 0.479. The topological polar surface area (TPSA) is 61.7 Å². The minimum absolute atomic E-state index is 0.479. The van der Waals surface area contributed by atoms with E-state index in [4.69, 9.17) is 23.2 Å². The van der Waals surface area contributed by atoms with Crippen molar-refractivity contribution in [1.82, 2.24) is 4.98 Å². The zero-order valence-electron chi connectivity index (χ0n) is 10.3. The molecule has 0 amide bonds. The summed E-state index contributed by atoms with van der Waals surface area (Å²) in [7, 11) is 1.81. The molecule has 1 aliphatic heterocycles. The Morgan fingerprint density at radius 3 is 2.60 bits per heavy atom. The molecule has 0 unspecified atom stereocenters. The molecule has 2 N–H and O–H groups in total. The SMILES string of the molecule is CNc1cccc(Nc2c(Cl)cc(Cl)c3c2N=S=N3)n1. The fraction of sp³-hybridized carbons (Fsp3) is 0.0833. The number of fused-ring (bicyclic) bond motifs is 1. The summed E-state index contributed by atoms with van der Waals surface area (Å²) in [4.78, 5) is 4.38. The minimum Gasteiger partial charge on any atom is -0.373 e. The molecule has 1 aromatic carbocycles. The fourth-order valence-corrected chi connectivity index (χ4v) is 2.92. The predicted molar refractivity (Wildman–Crippen MR) is 85.1 cm³/mol. The van der Waals surface area contributed by atoms with Gasteiger partial charge in [0.05, 0.1) is 27.1 Å². The second kappa shape index (κ2) is 5.40. The molecule has 0 bridgehead atoms. The van der Waals surface area contributed by atoms with Crippen LogP contribution in [0, 0.1) is 0 Å². The van der Waals surface area contributed by atoms with Crippen LogP contribution in [0.25, 0.3) is 0 Å². The number of hydrogen-bond donors (Lipinski definition) is 2. The molecule has 3 rings (SSSR count). The number of benzene rings is 1. The van der Waals surface area contributed by atoms with Crippen LogP contribution in [0.3, 0.4) is 0 Å². The highest BCUT2D eigenvalue weighted by Crippen LogP contribution is 2.48. The highest BCUT2D eigenvalue weighted by atomic mass is 35.5. The Bertz CT molecular complexity index is 756. The van der Waals surface area contributed by atoms with Crippen LogP contribution < -0.4 is 10.6 Å². The average Bonchev–Trinajstić information content (AvgIpc) is 2.93. The predicted octanol–water partition coefficient (Wildman–Crippen LogP) is 4.90. The van der Waals surface area contributed by atoms with Gasteiger partial charge in [-0.3, -0.25) is 0 Å². The molecule has 1 aliphatic rings. The van der Waals surface area contributed by atoms with Gasteiger partial charge in [0.1, 0.15) is 23.0 Å². The number of halogens is 2. The van der Waals surface area contributed by atoms with E-state index in [0.717, 1.165) is 17.2 Å². The normalized spacial score (nSPS) is 11.9. The second-order valence-electron chi connectivity index (χ2n) is 3.96. The van der Waals surface area contributed by atoms with Crippen LogP contribution in [0.1, 0.15) is 0 Å². The van der Waals surface area contributed by atoms with Crippen LogP contribution in [-0.4, -0.2) is 12.0 Å². The lowest BCUT2D eigenvalue weighted by atomic mass is 10.2. The highest BCUT2D eigenvalue weighted by Gasteiger charge is 2.19. The van der Waals surface area contributed by atoms with Crippen molar-refractivity contribution in [3.8, 4) is 0 Å². The number of anilines is 3. The Hall–Kier alpha value is -1.63. The van der Waals surface area contributed by atoms with Gasteiger partial charge in [0.25, 0.3) is 0 Å². The van der Waals surface area contributed by atoms with Gasteiger partial charge >= 0.3 is 0 Å². The van der Waals surface area contributed by atoms with Crippen molar-refractivity contribution in [2.45, 2.75) is 0 Å². The van der Waals surface area contributed by atoms with E-state index in [2.05, 4.69) is 24.3 Å². The molecule has 0 atom stereocenters. The molecule has 1 aromatic heterocycles. The molecule has 0 aliphatic carbocycles. The van der Waals surface area contributed by atoms with Crippen LogP contribution in [0.5, 0.6) is 0 Å². The quantitative estimate of drug-likeness (QED) is 0.719. The largest absolute Gasteiger partial charge is 0.373 e. The fourth-order valence-electron chi connectivity index (χ4n) is 1.76. The molecule has 8 heteroatoms. The van der Waals surface area contributed by atoms with Gasteiger partial charge in [-0.2, -0.15) is 8.73 Å². The number of pyridine rings is 1. The molecule has 20 heavy (non-hydrogen) atoms. The third kappa shape index (κ3) is 2.37. The zero-order valence-corrected chi connectivity index (χ0v) is 12.6. The van der Waals surface area contributed by atoms with Gasteiger partial charge in [0.2, 0.25) is 0 Å². The first-order valence-corrected chi connectivity index (χ1v) is 7.20. The second-order valence-corrected chi connectivity index (χ2v) is 5.30. The Balaban J connectivity index is 2.03. The summed E-state index contributed by atoms with van der Waals surface area (Å²) in [6, 6.07) is 7.25. The number of rotatable bonds is 3.